The van der Waals surface area contributed by atoms with Crippen LogP contribution in [0.2, 0.25) is 5.02 Å². The van der Waals surface area contributed by atoms with Crippen LogP contribution in [0.3, 0.4) is 0 Å². The van der Waals surface area contributed by atoms with Gasteiger partial charge < -0.3 is 19.5 Å². The Bertz CT molecular complexity index is 1250. The summed E-state index contributed by atoms with van der Waals surface area (Å²) in [5.74, 6) is 1.79. The van der Waals surface area contributed by atoms with Crippen molar-refractivity contribution >= 4 is 29.3 Å². The molecular weight excluding hydrogens is 476 g/mol. The van der Waals surface area contributed by atoms with Crippen LogP contribution in [0.1, 0.15) is 22.4 Å². The molecule has 4 heterocycles. The Labute approximate surface area is 206 Å². The van der Waals surface area contributed by atoms with Crippen LogP contribution in [0.5, 0.6) is 11.6 Å². The average molecular weight is 499 g/mol. The summed E-state index contributed by atoms with van der Waals surface area (Å²) in [5.41, 5.74) is 3.83. The molecule has 0 spiro atoms. The van der Waals surface area contributed by atoms with Crippen molar-refractivity contribution in [3.05, 3.63) is 57.9 Å². The van der Waals surface area contributed by atoms with Crippen LogP contribution in [-0.2, 0) is 22.6 Å². The molecule has 2 aliphatic rings. The van der Waals surface area contributed by atoms with Gasteiger partial charge in [0.05, 0.1) is 36.8 Å². The number of ether oxygens (including phenoxy) is 2. The second kappa shape index (κ2) is 9.87. The second-order valence-electron chi connectivity index (χ2n) is 8.04. The van der Waals surface area contributed by atoms with E-state index in [1.807, 2.05) is 24.0 Å². The van der Waals surface area contributed by atoms with Crippen molar-refractivity contribution in [2.75, 3.05) is 32.1 Å². The van der Waals surface area contributed by atoms with Gasteiger partial charge in [-0.15, -0.1) is 0 Å². The number of morpholine rings is 1. The van der Waals surface area contributed by atoms with E-state index in [2.05, 4.69) is 4.98 Å². The van der Waals surface area contributed by atoms with Gasteiger partial charge in [0, 0.05) is 47.4 Å². The monoisotopic (exact) mass is 498 g/mol. The van der Waals surface area contributed by atoms with Crippen molar-refractivity contribution in [1.82, 2.24) is 19.9 Å². The number of aromatic nitrogens is 3. The van der Waals surface area contributed by atoms with Gasteiger partial charge in [-0.3, -0.25) is 9.78 Å². The van der Waals surface area contributed by atoms with Crippen LogP contribution in [0, 0.1) is 6.92 Å². The summed E-state index contributed by atoms with van der Waals surface area (Å²) in [6.07, 6.45) is 2.15. The van der Waals surface area contributed by atoms with E-state index in [-0.39, 0.29) is 18.3 Å². The van der Waals surface area contributed by atoms with Gasteiger partial charge in [-0.1, -0.05) is 35.5 Å². The molecular formula is C24H23ClN4O4S. The molecule has 0 saturated carbocycles. The second-order valence-corrected chi connectivity index (χ2v) is 9.44. The van der Waals surface area contributed by atoms with Crippen molar-refractivity contribution in [2.45, 2.75) is 25.0 Å². The van der Waals surface area contributed by atoms with Crippen LogP contribution < -0.4 is 4.74 Å². The Morgan fingerprint density at radius 2 is 2.06 bits per heavy atom. The number of carbonyl (C=O) groups excluding carboxylic acids is 1. The number of rotatable bonds is 5. The molecule has 1 aromatic carbocycles. The number of amides is 1. The summed E-state index contributed by atoms with van der Waals surface area (Å²) in [6.45, 7) is 4.02. The third-order valence-electron chi connectivity index (χ3n) is 5.84. The van der Waals surface area contributed by atoms with Gasteiger partial charge in [0.25, 0.3) is 0 Å². The summed E-state index contributed by atoms with van der Waals surface area (Å²) in [6, 6.07) is 7.31. The van der Waals surface area contributed by atoms with E-state index >= 15 is 0 Å². The van der Waals surface area contributed by atoms with E-state index in [9.17, 15) is 9.90 Å². The van der Waals surface area contributed by atoms with Crippen LogP contribution in [0.25, 0.3) is 11.4 Å². The Morgan fingerprint density at radius 1 is 1.24 bits per heavy atom. The van der Waals surface area contributed by atoms with Crippen LogP contribution in [0.15, 0.2) is 35.5 Å². The average Bonchev–Trinajstić information content (AvgIpc) is 2.87. The number of pyridine rings is 1. The molecule has 176 valence electrons. The minimum absolute atomic E-state index is 0.0400. The molecule has 1 saturated heterocycles. The summed E-state index contributed by atoms with van der Waals surface area (Å²) in [5, 5.41) is 11.1. The van der Waals surface area contributed by atoms with Gasteiger partial charge in [-0.25, -0.2) is 4.98 Å². The number of carbonyl (C=O) groups is 1. The van der Waals surface area contributed by atoms with E-state index in [4.69, 9.17) is 31.0 Å². The number of aliphatic hydroxyl groups is 1. The summed E-state index contributed by atoms with van der Waals surface area (Å²) >= 11 is 7.57. The fraction of sp³-hybridized carbons (Fsp3) is 0.333. The first-order valence-corrected chi connectivity index (χ1v) is 12.3. The third-order valence-corrected chi connectivity index (χ3v) is 7.07. The van der Waals surface area contributed by atoms with Crippen molar-refractivity contribution in [1.29, 1.82) is 0 Å². The highest BCUT2D eigenvalue weighted by Crippen LogP contribution is 2.42. The highest BCUT2D eigenvalue weighted by molar-refractivity contribution is 7.99. The Morgan fingerprint density at radius 3 is 2.82 bits per heavy atom. The highest BCUT2D eigenvalue weighted by Gasteiger charge is 2.28. The predicted molar refractivity (Wildman–Crippen MR) is 128 cm³/mol. The van der Waals surface area contributed by atoms with Crippen molar-refractivity contribution in [3.63, 3.8) is 0 Å². The molecule has 0 radical (unpaired) electrons. The Kier molecular flexibility index (Phi) is 6.69. The maximum absolute atomic E-state index is 12.8. The number of aryl methyl sites for hydroxylation is 1. The molecule has 2 aliphatic heterocycles. The summed E-state index contributed by atoms with van der Waals surface area (Å²) < 4.78 is 11.6. The molecule has 34 heavy (non-hydrogen) atoms. The van der Waals surface area contributed by atoms with Gasteiger partial charge in [-0.05, 0) is 19.1 Å². The molecule has 3 aromatic rings. The zero-order valence-corrected chi connectivity index (χ0v) is 20.2. The zero-order chi connectivity index (χ0) is 23.7. The van der Waals surface area contributed by atoms with E-state index in [1.165, 1.54) is 11.8 Å². The molecule has 0 aliphatic carbocycles. The number of halogens is 1. The number of hydrogen-bond donors (Lipinski definition) is 1. The topological polar surface area (TPSA) is 97.7 Å². The van der Waals surface area contributed by atoms with Gasteiger partial charge in [0.2, 0.25) is 11.8 Å². The lowest BCUT2D eigenvalue weighted by molar-refractivity contribution is -0.132. The molecule has 1 fully saturated rings. The minimum atomic E-state index is -0.145. The van der Waals surface area contributed by atoms with Gasteiger partial charge in [-0.2, -0.15) is 4.98 Å². The standard InChI is InChI=1S/C24H23ClN4O4S/c1-14-21-18(16(12-30)11-26-14)10-19-23(33-21)27-22(15-3-2-4-17(25)9-15)28-24(19)34-13-20(31)29-5-7-32-8-6-29/h2-4,9,11,30H,5-8,10,12-13H2,1H3. The fourth-order valence-corrected chi connectivity index (χ4v) is 5.12. The van der Waals surface area contributed by atoms with E-state index in [1.54, 1.807) is 18.3 Å². The number of benzene rings is 1. The lowest BCUT2D eigenvalue weighted by atomic mass is 9.99. The number of aliphatic hydroxyl groups excluding tert-OH is 1. The maximum atomic E-state index is 12.8. The number of thioether (sulfide) groups is 1. The van der Waals surface area contributed by atoms with Gasteiger partial charge in [0.1, 0.15) is 5.03 Å². The molecule has 8 nitrogen and oxygen atoms in total. The van der Waals surface area contributed by atoms with Crippen molar-refractivity contribution in [2.24, 2.45) is 0 Å². The van der Waals surface area contributed by atoms with E-state index in [0.717, 1.165) is 22.4 Å². The SMILES string of the molecule is Cc1ncc(CO)c2c1Oc1nc(-c3cccc(Cl)c3)nc(SCC(=O)N3CCOCC3)c1C2. The normalized spacial score (nSPS) is 14.9. The first kappa shape index (κ1) is 23.0. The molecule has 0 unspecified atom stereocenters. The minimum Gasteiger partial charge on any atom is -0.436 e. The number of fused-ring (bicyclic) bond motifs is 2. The largest absolute Gasteiger partial charge is 0.436 e. The first-order valence-electron chi connectivity index (χ1n) is 10.9. The zero-order valence-electron chi connectivity index (χ0n) is 18.6. The Balaban J connectivity index is 1.52. The molecule has 10 heteroatoms. The van der Waals surface area contributed by atoms with Crippen LogP contribution >= 0.6 is 23.4 Å². The smallest absolute Gasteiger partial charge is 0.233 e. The maximum Gasteiger partial charge on any atom is 0.233 e. The summed E-state index contributed by atoms with van der Waals surface area (Å²) in [7, 11) is 0. The highest BCUT2D eigenvalue weighted by atomic mass is 35.5. The number of nitrogens with zero attached hydrogens (tertiary/aromatic N) is 4. The molecule has 1 N–H and O–H groups in total. The molecule has 1 amide bonds. The van der Waals surface area contributed by atoms with Gasteiger partial charge >= 0.3 is 0 Å². The molecule has 0 bridgehead atoms. The Hall–Kier alpha value is -2.72. The van der Waals surface area contributed by atoms with Crippen molar-refractivity contribution < 1.29 is 19.4 Å². The van der Waals surface area contributed by atoms with Crippen LogP contribution in [0.4, 0.5) is 0 Å². The number of hydrogen-bond acceptors (Lipinski definition) is 8. The first-order chi connectivity index (χ1) is 16.5. The quantitative estimate of drug-likeness (QED) is 0.329. The van der Waals surface area contributed by atoms with Gasteiger partial charge in [0.15, 0.2) is 11.6 Å². The lowest BCUT2D eigenvalue weighted by Crippen LogP contribution is -2.41. The molecule has 2 aromatic heterocycles. The molecule has 5 rings (SSSR count). The third kappa shape index (κ3) is 4.61. The van der Waals surface area contributed by atoms with E-state index < -0.39 is 0 Å². The predicted octanol–water partition coefficient (Wildman–Crippen LogP) is 3.64. The summed E-state index contributed by atoms with van der Waals surface area (Å²) in [4.78, 5) is 28.5. The van der Waals surface area contributed by atoms with Crippen LogP contribution in [-0.4, -0.2) is 62.9 Å². The van der Waals surface area contributed by atoms with Crippen molar-refractivity contribution in [3.8, 4) is 23.0 Å². The lowest BCUT2D eigenvalue weighted by Gasteiger charge is -2.27. The molecule has 0 atom stereocenters. The van der Waals surface area contributed by atoms with E-state index in [0.29, 0.717) is 65.8 Å². The fourth-order valence-electron chi connectivity index (χ4n) is 4.00.